The Bertz CT molecular complexity index is 460. The Kier molecular flexibility index (Phi) is 6.46. The molecule has 2 aliphatic rings. The SMILES string of the molecule is CC(C)(C)OC(=O)N1CCCC(N)C1=O.CC1(C)O[B]OC1(C)C. The quantitative estimate of drug-likeness (QED) is 0.678. The number of rotatable bonds is 0. The number of likely N-dealkylation sites (tertiary alicyclic amines) is 1. The normalized spacial score (nSPS) is 25.4. The molecule has 1 atom stereocenters. The van der Waals surface area contributed by atoms with Crippen molar-refractivity contribution in [2.45, 2.75) is 84.2 Å². The van der Waals surface area contributed by atoms with Gasteiger partial charge >= 0.3 is 13.8 Å². The van der Waals surface area contributed by atoms with Crippen LogP contribution in [0.4, 0.5) is 4.79 Å². The summed E-state index contributed by atoms with van der Waals surface area (Å²) in [4.78, 5) is 24.2. The lowest BCUT2D eigenvalue weighted by atomic mass is 9.90. The van der Waals surface area contributed by atoms with Crippen molar-refractivity contribution < 1.29 is 23.6 Å². The highest BCUT2D eigenvalue weighted by molar-refractivity contribution is 6.19. The minimum absolute atomic E-state index is 0.187. The zero-order valence-corrected chi connectivity index (χ0v) is 15.8. The molecule has 8 heteroatoms. The summed E-state index contributed by atoms with van der Waals surface area (Å²) in [6, 6.07) is -0.564. The van der Waals surface area contributed by atoms with Gasteiger partial charge in [0, 0.05) is 6.54 Å². The summed E-state index contributed by atoms with van der Waals surface area (Å²) in [5, 5.41) is 0. The number of carbonyl (C=O) groups is 2. The number of piperidine rings is 1. The van der Waals surface area contributed by atoms with Gasteiger partial charge in [-0.2, -0.15) is 0 Å². The minimum Gasteiger partial charge on any atom is -0.443 e. The van der Waals surface area contributed by atoms with Crippen molar-refractivity contribution >= 4 is 19.7 Å². The molecule has 2 amide bonds. The summed E-state index contributed by atoms with van der Waals surface area (Å²) in [5.41, 5.74) is 4.61. The molecule has 1 unspecified atom stereocenters. The van der Waals surface area contributed by atoms with E-state index in [-0.39, 0.29) is 17.1 Å². The van der Waals surface area contributed by atoms with Crippen LogP contribution >= 0.6 is 0 Å². The first-order chi connectivity index (χ1) is 10.8. The number of amides is 2. The lowest BCUT2D eigenvalue weighted by Gasteiger charge is -2.32. The molecule has 0 aromatic heterocycles. The maximum absolute atomic E-state index is 11.6. The van der Waals surface area contributed by atoms with Gasteiger partial charge in [-0.15, -0.1) is 0 Å². The molecule has 0 saturated carbocycles. The molecule has 2 fully saturated rings. The standard InChI is InChI=1S/C10H18N2O3.C6H12BO2/c1-10(2,3)15-9(14)12-6-4-5-7(11)8(12)13;1-5(2)6(3,4)9-7-8-5/h7H,4-6,11H2,1-3H3;1-4H3. The summed E-state index contributed by atoms with van der Waals surface area (Å²) < 4.78 is 15.5. The summed E-state index contributed by atoms with van der Waals surface area (Å²) in [5.74, 6) is -0.337. The number of nitrogens with two attached hydrogens (primary N) is 1. The van der Waals surface area contributed by atoms with E-state index in [1.54, 1.807) is 20.8 Å². The van der Waals surface area contributed by atoms with Gasteiger partial charge in [-0.3, -0.25) is 4.79 Å². The fourth-order valence-electron chi connectivity index (χ4n) is 1.95. The Balaban J connectivity index is 0.000000272. The van der Waals surface area contributed by atoms with Crippen LogP contribution in [0.2, 0.25) is 0 Å². The predicted octanol–water partition coefficient (Wildman–Crippen LogP) is 2.00. The van der Waals surface area contributed by atoms with Gasteiger partial charge in [-0.1, -0.05) is 0 Å². The molecule has 137 valence electrons. The lowest BCUT2D eigenvalue weighted by molar-refractivity contribution is -0.133. The summed E-state index contributed by atoms with van der Waals surface area (Å²) in [6.07, 6.45) is 0.784. The molecule has 2 aliphatic heterocycles. The number of hydrogen-bond acceptors (Lipinski definition) is 6. The Labute approximate surface area is 145 Å². The average molecular weight is 341 g/mol. The van der Waals surface area contributed by atoms with Crippen molar-refractivity contribution in [3.63, 3.8) is 0 Å². The van der Waals surface area contributed by atoms with Gasteiger partial charge in [0.1, 0.15) is 5.60 Å². The third-order valence-corrected chi connectivity index (χ3v) is 4.23. The van der Waals surface area contributed by atoms with E-state index < -0.39 is 17.7 Å². The Hall–Kier alpha value is -1.12. The van der Waals surface area contributed by atoms with Gasteiger partial charge < -0.3 is 19.8 Å². The molecule has 0 aliphatic carbocycles. The Morgan fingerprint density at radius 1 is 1.25 bits per heavy atom. The highest BCUT2D eigenvalue weighted by Gasteiger charge is 2.44. The second-order valence-electron chi connectivity index (χ2n) is 8.07. The summed E-state index contributed by atoms with van der Waals surface area (Å²) >= 11 is 0. The van der Waals surface area contributed by atoms with Crippen LogP contribution in [0.3, 0.4) is 0 Å². The van der Waals surface area contributed by atoms with E-state index in [9.17, 15) is 9.59 Å². The van der Waals surface area contributed by atoms with Crippen LogP contribution in [0.5, 0.6) is 0 Å². The molecule has 2 heterocycles. The average Bonchev–Trinajstić information content (AvgIpc) is 2.63. The third kappa shape index (κ3) is 5.46. The molecule has 24 heavy (non-hydrogen) atoms. The number of hydrogen-bond donors (Lipinski definition) is 1. The zero-order chi connectivity index (χ0) is 18.8. The van der Waals surface area contributed by atoms with Crippen LogP contribution < -0.4 is 5.73 Å². The predicted molar refractivity (Wildman–Crippen MR) is 91.2 cm³/mol. The molecule has 2 rings (SSSR count). The molecule has 0 aromatic rings. The van der Waals surface area contributed by atoms with Crippen molar-refractivity contribution in [2.75, 3.05) is 6.54 Å². The smallest absolute Gasteiger partial charge is 0.443 e. The summed E-state index contributed by atoms with van der Waals surface area (Å²) in [6.45, 7) is 13.7. The van der Waals surface area contributed by atoms with Crippen LogP contribution in [0, 0.1) is 0 Å². The maximum Gasteiger partial charge on any atom is 0.488 e. The van der Waals surface area contributed by atoms with E-state index in [4.69, 9.17) is 19.8 Å². The van der Waals surface area contributed by atoms with E-state index in [2.05, 4.69) is 0 Å². The first-order valence-electron chi connectivity index (χ1n) is 8.24. The van der Waals surface area contributed by atoms with E-state index in [1.165, 1.54) is 7.69 Å². The van der Waals surface area contributed by atoms with Crippen molar-refractivity contribution in [1.82, 2.24) is 4.90 Å². The van der Waals surface area contributed by atoms with Gasteiger partial charge in [-0.25, -0.2) is 9.69 Å². The maximum atomic E-state index is 11.6. The first kappa shape index (κ1) is 20.9. The van der Waals surface area contributed by atoms with E-state index in [0.29, 0.717) is 13.0 Å². The molecule has 7 nitrogen and oxygen atoms in total. The summed E-state index contributed by atoms with van der Waals surface area (Å²) in [7, 11) is 1.42. The van der Waals surface area contributed by atoms with Gasteiger partial charge in [-0.05, 0) is 61.3 Å². The van der Waals surface area contributed by atoms with Crippen molar-refractivity contribution in [2.24, 2.45) is 5.73 Å². The first-order valence-corrected chi connectivity index (χ1v) is 8.24. The van der Waals surface area contributed by atoms with Crippen LogP contribution in [0.1, 0.15) is 61.3 Å². The highest BCUT2D eigenvalue weighted by atomic mass is 16.7. The number of carbonyl (C=O) groups excluding carboxylic acids is 2. The zero-order valence-electron chi connectivity index (χ0n) is 15.8. The lowest BCUT2D eigenvalue weighted by Crippen LogP contribution is -2.52. The Morgan fingerprint density at radius 2 is 1.75 bits per heavy atom. The third-order valence-electron chi connectivity index (χ3n) is 4.23. The number of ether oxygens (including phenoxy) is 1. The van der Waals surface area contributed by atoms with Crippen LogP contribution in [0.15, 0.2) is 0 Å². The second kappa shape index (κ2) is 7.41. The van der Waals surface area contributed by atoms with E-state index in [0.717, 1.165) is 11.3 Å². The van der Waals surface area contributed by atoms with Gasteiger partial charge in [0.15, 0.2) is 0 Å². The Morgan fingerprint density at radius 3 is 2.12 bits per heavy atom. The molecule has 1 radical (unpaired) electrons. The van der Waals surface area contributed by atoms with E-state index >= 15 is 0 Å². The molecule has 0 aromatic carbocycles. The fraction of sp³-hybridized carbons (Fsp3) is 0.875. The highest BCUT2D eigenvalue weighted by Crippen LogP contribution is 2.33. The van der Waals surface area contributed by atoms with Gasteiger partial charge in [0.05, 0.1) is 17.2 Å². The van der Waals surface area contributed by atoms with Crippen LogP contribution in [-0.2, 0) is 18.8 Å². The fourth-order valence-corrected chi connectivity index (χ4v) is 1.95. The second-order valence-corrected chi connectivity index (χ2v) is 8.07. The minimum atomic E-state index is -0.595. The molecule has 0 bridgehead atoms. The topological polar surface area (TPSA) is 91.1 Å². The number of nitrogens with zero attached hydrogens (tertiary/aromatic N) is 1. The van der Waals surface area contributed by atoms with Crippen molar-refractivity contribution in [1.29, 1.82) is 0 Å². The van der Waals surface area contributed by atoms with Gasteiger partial charge in [0.25, 0.3) is 0 Å². The van der Waals surface area contributed by atoms with Crippen LogP contribution in [-0.4, -0.2) is 54.0 Å². The van der Waals surface area contributed by atoms with Gasteiger partial charge in [0.2, 0.25) is 5.91 Å². The number of imide groups is 1. The molecule has 2 saturated heterocycles. The molecular formula is C16H30BN2O5. The van der Waals surface area contributed by atoms with E-state index in [1.807, 2.05) is 27.7 Å². The molecular weight excluding hydrogens is 311 g/mol. The van der Waals surface area contributed by atoms with Crippen molar-refractivity contribution in [3.8, 4) is 0 Å². The molecule has 2 N–H and O–H groups in total. The monoisotopic (exact) mass is 341 g/mol. The van der Waals surface area contributed by atoms with Crippen LogP contribution in [0.25, 0.3) is 0 Å². The molecule has 0 spiro atoms. The van der Waals surface area contributed by atoms with Crippen molar-refractivity contribution in [3.05, 3.63) is 0 Å². The largest absolute Gasteiger partial charge is 0.488 e.